The van der Waals surface area contributed by atoms with Crippen LogP contribution < -0.4 is 5.32 Å². The van der Waals surface area contributed by atoms with Crippen molar-refractivity contribution in [2.45, 2.75) is 19.0 Å². The van der Waals surface area contributed by atoms with Crippen LogP contribution in [0.3, 0.4) is 0 Å². The lowest BCUT2D eigenvalue weighted by Gasteiger charge is -2.13. The summed E-state index contributed by atoms with van der Waals surface area (Å²) in [6.45, 7) is -0.0303. The van der Waals surface area contributed by atoms with Crippen molar-refractivity contribution in [1.29, 1.82) is 0 Å². The standard InChI is InChI=1S/C21H14F6N6O/c1-34-10-16-32-14-7-11(17-13(20(22,23)24)3-2-6-28-17)8-30-18(14)19(33-16)31-12-4-5-15(29-9-12)21(25,26)27/h2-9H,10H2,1H3,(H,31,32,33). The van der Waals surface area contributed by atoms with Gasteiger partial charge in [-0.3, -0.25) is 4.98 Å². The number of fused-ring (bicyclic) bond motifs is 1. The van der Waals surface area contributed by atoms with Crippen molar-refractivity contribution in [2.24, 2.45) is 0 Å². The molecule has 0 aliphatic rings. The first-order chi connectivity index (χ1) is 16.1. The highest BCUT2D eigenvalue weighted by Gasteiger charge is 2.34. The normalized spacial score (nSPS) is 12.2. The minimum Gasteiger partial charge on any atom is -0.377 e. The fourth-order valence-electron chi connectivity index (χ4n) is 3.11. The van der Waals surface area contributed by atoms with E-state index in [0.717, 1.165) is 24.4 Å². The molecule has 0 spiro atoms. The van der Waals surface area contributed by atoms with Gasteiger partial charge in [-0.05, 0) is 30.3 Å². The highest BCUT2D eigenvalue weighted by atomic mass is 19.4. The molecule has 0 amide bonds. The van der Waals surface area contributed by atoms with E-state index in [1.165, 1.54) is 31.6 Å². The van der Waals surface area contributed by atoms with Gasteiger partial charge < -0.3 is 10.1 Å². The molecule has 4 aromatic heterocycles. The lowest BCUT2D eigenvalue weighted by Crippen LogP contribution is -2.09. The quantitative estimate of drug-likeness (QED) is 0.383. The third kappa shape index (κ3) is 4.88. The number of hydrogen-bond donors (Lipinski definition) is 1. The highest BCUT2D eigenvalue weighted by Crippen LogP contribution is 2.36. The second-order valence-corrected chi connectivity index (χ2v) is 6.97. The second kappa shape index (κ2) is 8.82. The Morgan fingerprint density at radius 2 is 1.71 bits per heavy atom. The van der Waals surface area contributed by atoms with Gasteiger partial charge in [0.25, 0.3) is 0 Å². The summed E-state index contributed by atoms with van der Waals surface area (Å²) in [7, 11) is 1.40. The van der Waals surface area contributed by atoms with Crippen LogP contribution in [0.1, 0.15) is 17.1 Å². The van der Waals surface area contributed by atoms with Crippen LogP contribution in [-0.4, -0.2) is 32.0 Å². The summed E-state index contributed by atoms with van der Waals surface area (Å²) in [6, 6.07) is 5.43. The van der Waals surface area contributed by atoms with Gasteiger partial charge in [0.2, 0.25) is 0 Å². The van der Waals surface area contributed by atoms with Gasteiger partial charge in [-0.1, -0.05) is 0 Å². The zero-order valence-corrected chi connectivity index (χ0v) is 17.2. The Labute approximate surface area is 187 Å². The summed E-state index contributed by atoms with van der Waals surface area (Å²) >= 11 is 0. The molecular formula is C21H14F6N6O. The number of pyridine rings is 3. The van der Waals surface area contributed by atoms with Crippen molar-refractivity contribution in [2.75, 3.05) is 12.4 Å². The number of methoxy groups -OCH3 is 1. The lowest BCUT2D eigenvalue weighted by molar-refractivity contribution is -0.141. The molecule has 176 valence electrons. The maximum absolute atomic E-state index is 13.4. The third-order valence-electron chi connectivity index (χ3n) is 4.56. The van der Waals surface area contributed by atoms with Crippen molar-refractivity contribution in [3.05, 3.63) is 66.0 Å². The van der Waals surface area contributed by atoms with Crippen LogP contribution in [0.4, 0.5) is 37.8 Å². The van der Waals surface area contributed by atoms with E-state index in [9.17, 15) is 26.3 Å². The molecule has 0 atom stereocenters. The molecule has 0 aromatic carbocycles. The SMILES string of the molecule is COCc1nc(Nc2ccc(C(F)(F)F)nc2)c2ncc(-c3ncccc3C(F)(F)F)cc2n1. The van der Waals surface area contributed by atoms with Crippen LogP contribution in [0.5, 0.6) is 0 Å². The molecule has 4 rings (SSSR count). The molecule has 7 nitrogen and oxygen atoms in total. The molecule has 4 heterocycles. The molecule has 0 aliphatic heterocycles. The Hall–Kier alpha value is -3.87. The predicted octanol–water partition coefficient (Wildman–Crippen LogP) is 5.41. The van der Waals surface area contributed by atoms with Crippen LogP contribution in [0, 0.1) is 0 Å². The van der Waals surface area contributed by atoms with E-state index in [2.05, 4.69) is 30.2 Å². The molecule has 0 radical (unpaired) electrons. The summed E-state index contributed by atoms with van der Waals surface area (Å²) < 4.78 is 83.6. The van der Waals surface area contributed by atoms with Gasteiger partial charge in [-0.2, -0.15) is 26.3 Å². The average molecular weight is 480 g/mol. The smallest absolute Gasteiger partial charge is 0.377 e. The first-order valence-electron chi connectivity index (χ1n) is 9.54. The van der Waals surface area contributed by atoms with Crippen molar-refractivity contribution >= 4 is 22.5 Å². The Morgan fingerprint density at radius 3 is 2.35 bits per heavy atom. The van der Waals surface area contributed by atoms with E-state index in [1.807, 2.05) is 0 Å². The number of anilines is 2. The monoisotopic (exact) mass is 480 g/mol. The molecule has 4 aromatic rings. The molecule has 0 unspecified atom stereocenters. The molecule has 0 saturated heterocycles. The summed E-state index contributed by atoms with van der Waals surface area (Å²) in [5, 5.41) is 2.82. The Bertz CT molecular complexity index is 1320. The maximum Gasteiger partial charge on any atom is 0.433 e. The van der Waals surface area contributed by atoms with E-state index in [4.69, 9.17) is 4.74 Å². The number of nitrogens with one attached hydrogen (secondary N) is 1. The summed E-state index contributed by atoms with van der Waals surface area (Å²) in [4.78, 5) is 20.0. The van der Waals surface area contributed by atoms with Crippen molar-refractivity contribution in [3.63, 3.8) is 0 Å². The number of rotatable bonds is 5. The van der Waals surface area contributed by atoms with Gasteiger partial charge in [-0.15, -0.1) is 0 Å². The minimum atomic E-state index is -4.63. The van der Waals surface area contributed by atoms with Crippen LogP contribution in [0.2, 0.25) is 0 Å². The number of alkyl halides is 6. The number of aromatic nitrogens is 5. The van der Waals surface area contributed by atoms with Gasteiger partial charge in [-0.25, -0.2) is 19.9 Å². The summed E-state index contributed by atoms with van der Waals surface area (Å²) in [5.74, 6) is 0.288. The van der Waals surface area contributed by atoms with E-state index in [0.29, 0.717) is 0 Å². The van der Waals surface area contributed by atoms with E-state index < -0.39 is 23.6 Å². The number of hydrogen-bond acceptors (Lipinski definition) is 7. The van der Waals surface area contributed by atoms with Crippen molar-refractivity contribution in [1.82, 2.24) is 24.9 Å². The van der Waals surface area contributed by atoms with Gasteiger partial charge in [0, 0.05) is 25.1 Å². The van der Waals surface area contributed by atoms with Crippen molar-refractivity contribution < 1.29 is 31.1 Å². The fourth-order valence-corrected chi connectivity index (χ4v) is 3.11. The number of ether oxygens (including phenoxy) is 1. The Kier molecular flexibility index (Phi) is 6.04. The number of halogens is 6. The summed E-state index contributed by atoms with van der Waals surface area (Å²) in [5.41, 5.74) is -1.71. The van der Waals surface area contributed by atoms with Crippen LogP contribution >= 0.6 is 0 Å². The molecule has 1 N–H and O–H groups in total. The maximum atomic E-state index is 13.4. The zero-order valence-electron chi connectivity index (χ0n) is 17.2. The first-order valence-corrected chi connectivity index (χ1v) is 9.54. The Morgan fingerprint density at radius 1 is 0.912 bits per heavy atom. The number of nitrogens with zero attached hydrogens (tertiary/aromatic N) is 5. The van der Waals surface area contributed by atoms with Gasteiger partial charge in [0.1, 0.15) is 17.8 Å². The Balaban J connectivity index is 1.79. The van der Waals surface area contributed by atoms with Crippen molar-refractivity contribution in [3.8, 4) is 11.3 Å². The van der Waals surface area contributed by atoms with Gasteiger partial charge in [0.15, 0.2) is 11.6 Å². The molecule has 0 bridgehead atoms. The van der Waals surface area contributed by atoms with Crippen LogP contribution in [0.15, 0.2) is 48.9 Å². The lowest BCUT2D eigenvalue weighted by atomic mass is 10.1. The molecule has 0 aliphatic carbocycles. The van der Waals surface area contributed by atoms with Crippen LogP contribution in [-0.2, 0) is 23.7 Å². The largest absolute Gasteiger partial charge is 0.433 e. The van der Waals surface area contributed by atoms with Crippen LogP contribution in [0.25, 0.3) is 22.3 Å². The average Bonchev–Trinajstić information content (AvgIpc) is 2.78. The molecular weight excluding hydrogens is 466 g/mol. The summed E-state index contributed by atoms with van der Waals surface area (Å²) in [6.07, 6.45) is -5.83. The molecule has 0 fully saturated rings. The minimum absolute atomic E-state index is 0.0303. The third-order valence-corrected chi connectivity index (χ3v) is 4.56. The van der Waals surface area contributed by atoms with E-state index >= 15 is 0 Å². The van der Waals surface area contributed by atoms with E-state index in [1.54, 1.807) is 0 Å². The second-order valence-electron chi connectivity index (χ2n) is 6.97. The van der Waals surface area contributed by atoms with E-state index in [-0.39, 0.29) is 46.2 Å². The fraction of sp³-hybridized carbons (Fsp3) is 0.190. The molecule has 0 saturated carbocycles. The van der Waals surface area contributed by atoms with Gasteiger partial charge >= 0.3 is 12.4 Å². The molecule has 13 heteroatoms. The van der Waals surface area contributed by atoms with Gasteiger partial charge in [0.05, 0.1) is 28.7 Å². The highest BCUT2D eigenvalue weighted by molar-refractivity contribution is 5.89. The predicted molar refractivity (Wildman–Crippen MR) is 109 cm³/mol. The topological polar surface area (TPSA) is 85.7 Å². The zero-order chi connectivity index (χ0) is 24.5. The molecule has 34 heavy (non-hydrogen) atoms. The first kappa shape index (κ1) is 23.3.